The molecule has 17 heavy (non-hydrogen) atoms. The summed E-state index contributed by atoms with van der Waals surface area (Å²) in [5.41, 5.74) is 0.956. The average molecular weight is 322 g/mol. The van der Waals surface area contributed by atoms with Gasteiger partial charge in [-0.2, -0.15) is 0 Å². The van der Waals surface area contributed by atoms with E-state index in [2.05, 4.69) is 15.9 Å². The Balaban J connectivity index is 1.89. The molecule has 0 saturated carbocycles. The smallest absolute Gasteiger partial charge is 0.137 e. The molecule has 1 aliphatic rings. The predicted molar refractivity (Wildman–Crippen MR) is 70.9 cm³/mol. The van der Waals surface area contributed by atoms with Gasteiger partial charge >= 0.3 is 0 Å². The monoisotopic (exact) mass is 320 g/mol. The van der Waals surface area contributed by atoms with Crippen molar-refractivity contribution in [3.63, 3.8) is 0 Å². The van der Waals surface area contributed by atoms with E-state index in [-0.39, 0.29) is 11.2 Å². The fourth-order valence-corrected chi connectivity index (χ4v) is 2.74. The van der Waals surface area contributed by atoms with E-state index in [0.717, 1.165) is 37.9 Å². The van der Waals surface area contributed by atoms with Crippen LogP contribution in [-0.4, -0.2) is 12.7 Å². The molecule has 2 unspecified atom stereocenters. The molecule has 0 bridgehead atoms. The molecule has 1 fully saturated rings. The highest BCUT2D eigenvalue weighted by molar-refractivity contribution is 9.10. The van der Waals surface area contributed by atoms with Crippen molar-refractivity contribution in [1.82, 2.24) is 0 Å². The van der Waals surface area contributed by atoms with Crippen LogP contribution in [0.15, 0.2) is 22.7 Å². The molecule has 1 aromatic carbocycles. The zero-order valence-electron chi connectivity index (χ0n) is 9.46. The molecule has 2 atom stereocenters. The molecule has 2 rings (SSSR count). The standard InChI is InChI=1S/C13H15BrClFO/c14-11-8-9(3-6-13(11)16)12(15)5-4-10-2-1-7-17-10/h3,6,8,10,12H,1-2,4-5,7H2. The van der Waals surface area contributed by atoms with Gasteiger partial charge in [0, 0.05) is 6.61 Å². The van der Waals surface area contributed by atoms with Gasteiger partial charge in [-0.3, -0.25) is 0 Å². The molecule has 1 nitrogen and oxygen atoms in total. The van der Waals surface area contributed by atoms with E-state index in [1.54, 1.807) is 12.1 Å². The molecule has 0 N–H and O–H groups in total. The van der Waals surface area contributed by atoms with Crippen molar-refractivity contribution in [1.29, 1.82) is 0 Å². The fourth-order valence-electron chi connectivity index (χ4n) is 2.08. The van der Waals surface area contributed by atoms with Crippen LogP contribution in [0.2, 0.25) is 0 Å². The second kappa shape index (κ2) is 6.17. The summed E-state index contributed by atoms with van der Waals surface area (Å²) < 4.78 is 19.1. The normalized spacial score (nSPS) is 21.7. The van der Waals surface area contributed by atoms with Gasteiger partial charge < -0.3 is 4.74 Å². The molecule has 0 aliphatic carbocycles. The van der Waals surface area contributed by atoms with Crippen LogP contribution < -0.4 is 0 Å². The van der Waals surface area contributed by atoms with Crippen LogP contribution in [0.25, 0.3) is 0 Å². The van der Waals surface area contributed by atoms with Gasteiger partial charge in [-0.15, -0.1) is 11.6 Å². The third-order valence-electron chi connectivity index (χ3n) is 3.07. The largest absolute Gasteiger partial charge is 0.378 e. The van der Waals surface area contributed by atoms with Crippen molar-refractivity contribution in [2.45, 2.75) is 37.2 Å². The van der Waals surface area contributed by atoms with E-state index in [4.69, 9.17) is 16.3 Å². The van der Waals surface area contributed by atoms with Crippen LogP contribution in [-0.2, 0) is 4.74 Å². The van der Waals surface area contributed by atoms with Gasteiger partial charge in [-0.25, -0.2) is 4.39 Å². The highest BCUT2D eigenvalue weighted by Crippen LogP contribution is 2.31. The van der Waals surface area contributed by atoms with Crippen LogP contribution in [0.1, 0.15) is 36.6 Å². The van der Waals surface area contributed by atoms with Gasteiger partial charge in [0.25, 0.3) is 0 Å². The maximum atomic E-state index is 13.1. The van der Waals surface area contributed by atoms with Gasteiger partial charge in [0.15, 0.2) is 0 Å². The zero-order valence-corrected chi connectivity index (χ0v) is 11.8. The topological polar surface area (TPSA) is 9.23 Å². The first kappa shape index (κ1) is 13.3. The molecule has 1 aliphatic heterocycles. The van der Waals surface area contributed by atoms with E-state index in [0.29, 0.717) is 10.6 Å². The summed E-state index contributed by atoms with van der Waals surface area (Å²) in [6.07, 6.45) is 4.49. The summed E-state index contributed by atoms with van der Waals surface area (Å²) in [6, 6.07) is 4.94. The highest BCUT2D eigenvalue weighted by Gasteiger charge is 2.18. The van der Waals surface area contributed by atoms with Gasteiger partial charge in [0.1, 0.15) is 5.82 Å². The van der Waals surface area contributed by atoms with Crippen LogP contribution in [0.5, 0.6) is 0 Å². The minimum Gasteiger partial charge on any atom is -0.378 e. The maximum absolute atomic E-state index is 13.1. The van der Waals surface area contributed by atoms with Crippen LogP contribution in [0.4, 0.5) is 4.39 Å². The lowest BCUT2D eigenvalue weighted by Crippen LogP contribution is -2.06. The number of hydrogen-bond donors (Lipinski definition) is 0. The van der Waals surface area contributed by atoms with Crippen LogP contribution in [0, 0.1) is 5.82 Å². The summed E-state index contributed by atoms with van der Waals surface area (Å²) in [7, 11) is 0. The summed E-state index contributed by atoms with van der Waals surface area (Å²) in [4.78, 5) is 0. The Kier molecular flexibility index (Phi) is 4.83. The van der Waals surface area contributed by atoms with E-state index in [9.17, 15) is 4.39 Å². The molecule has 1 heterocycles. The van der Waals surface area contributed by atoms with Crippen molar-refractivity contribution in [3.8, 4) is 0 Å². The third kappa shape index (κ3) is 3.67. The van der Waals surface area contributed by atoms with Crippen molar-refractivity contribution in [3.05, 3.63) is 34.1 Å². The van der Waals surface area contributed by atoms with Crippen molar-refractivity contribution >= 4 is 27.5 Å². The predicted octanol–water partition coefficient (Wildman–Crippen LogP) is 4.83. The Labute approximate surface area is 114 Å². The van der Waals surface area contributed by atoms with Crippen LogP contribution >= 0.6 is 27.5 Å². The number of benzene rings is 1. The van der Waals surface area contributed by atoms with Gasteiger partial charge in [-0.1, -0.05) is 6.07 Å². The second-order valence-corrected chi connectivity index (χ2v) is 5.73. The molecule has 94 valence electrons. The van der Waals surface area contributed by atoms with Gasteiger partial charge in [0.2, 0.25) is 0 Å². The Morgan fingerprint density at radius 1 is 1.53 bits per heavy atom. The molecule has 0 amide bonds. The van der Waals surface area contributed by atoms with E-state index >= 15 is 0 Å². The lowest BCUT2D eigenvalue weighted by molar-refractivity contribution is 0.102. The number of rotatable bonds is 4. The summed E-state index contributed by atoms with van der Waals surface area (Å²) in [5, 5.41) is -0.0731. The van der Waals surface area contributed by atoms with Gasteiger partial charge in [0.05, 0.1) is 16.0 Å². The molecular formula is C13H15BrClFO. The first-order valence-corrected chi connectivity index (χ1v) is 7.10. The van der Waals surface area contributed by atoms with Crippen molar-refractivity contribution in [2.24, 2.45) is 0 Å². The minimum atomic E-state index is -0.253. The average Bonchev–Trinajstić information content (AvgIpc) is 2.82. The number of halogens is 3. The summed E-state index contributed by atoms with van der Waals surface area (Å²) in [5.74, 6) is -0.253. The number of hydrogen-bond acceptors (Lipinski definition) is 1. The lowest BCUT2D eigenvalue weighted by atomic mass is 10.0. The molecule has 4 heteroatoms. The summed E-state index contributed by atoms with van der Waals surface area (Å²) >= 11 is 9.48. The van der Waals surface area contributed by atoms with Crippen molar-refractivity contribution < 1.29 is 9.13 Å². The Morgan fingerprint density at radius 3 is 3.00 bits per heavy atom. The Bertz CT molecular complexity index is 380. The van der Waals surface area contributed by atoms with E-state index in [1.165, 1.54) is 6.07 Å². The highest BCUT2D eigenvalue weighted by atomic mass is 79.9. The minimum absolute atomic E-state index is 0.0731. The third-order valence-corrected chi connectivity index (χ3v) is 4.15. The van der Waals surface area contributed by atoms with Crippen LogP contribution in [0.3, 0.4) is 0 Å². The molecule has 1 saturated heterocycles. The molecule has 0 spiro atoms. The molecule has 0 radical (unpaired) electrons. The van der Waals surface area contributed by atoms with Crippen molar-refractivity contribution in [2.75, 3.05) is 6.61 Å². The first-order chi connectivity index (χ1) is 8.16. The fraction of sp³-hybridized carbons (Fsp3) is 0.538. The summed E-state index contributed by atoms with van der Waals surface area (Å²) in [6.45, 7) is 0.875. The molecule has 1 aromatic rings. The zero-order chi connectivity index (χ0) is 12.3. The lowest BCUT2D eigenvalue weighted by Gasteiger charge is -2.13. The number of ether oxygens (including phenoxy) is 1. The number of alkyl halides is 1. The van der Waals surface area contributed by atoms with E-state index < -0.39 is 0 Å². The Hall–Kier alpha value is -0.120. The quantitative estimate of drug-likeness (QED) is 0.722. The first-order valence-electron chi connectivity index (χ1n) is 5.87. The van der Waals surface area contributed by atoms with Gasteiger partial charge in [-0.05, 0) is 59.3 Å². The SMILES string of the molecule is Fc1ccc(C(Cl)CCC2CCCO2)cc1Br. The second-order valence-electron chi connectivity index (χ2n) is 4.35. The molecular weight excluding hydrogens is 306 g/mol. The Morgan fingerprint density at radius 2 is 2.35 bits per heavy atom. The molecule has 0 aromatic heterocycles. The maximum Gasteiger partial charge on any atom is 0.137 e. The van der Waals surface area contributed by atoms with E-state index in [1.807, 2.05) is 0 Å².